The van der Waals surface area contributed by atoms with Gasteiger partial charge in [0.15, 0.2) is 12.2 Å². The molecule has 19 heteroatoms. The van der Waals surface area contributed by atoms with Crippen molar-refractivity contribution < 1.29 is 80.2 Å². The summed E-state index contributed by atoms with van der Waals surface area (Å²) >= 11 is 0. The molecule has 2 unspecified atom stereocenters. The average Bonchev–Trinajstić information content (AvgIpc) is 3.69. The molecule has 5 atom stereocenters. The van der Waals surface area contributed by atoms with E-state index < -0.39 is 97.5 Å². The Morgan fingerprint density at radius 1 is 0.314 bits per heavy atom. The minimum absolute atomic E-state index is 0.102. The number of hydrogen-bond donors (Lipinski definition) is 3. The average molecular weight is 1270 g/mol. The number of aliphatic hydroxyl groups is 1. The molecule has 0 fully saturated rings. The molecule has 86 heavy (non-hydrogen) atoms. The van der Waals surface area contributed by atoms with Crippen molar-refractivity contribution in [1.82, 2.24) is 0 Å². The molecule has 0 heterocycles. The second-order valence-electron chi connectivity index (χ2n) is 25.2. The number of hydrogen-bond acceptors (Lipinski definition) is 15. The highest BCUT2D eigenvalue weighted by atomic mass is 31.2. The Morgan fingerprint density at radius 2 is 0.535 bits per heavy atom. The smallest absolute Gasteiger partial charge is 0.462 e. The topological polar surface area (TPSA) is 237 Å². The van der Waals surface area contributed by atoms with Crippen molar-refractivity contribution >= 4 is 39.5 Å². The number of ether oxygens (including phenoxy) is 4. The second-order valence-corrected chi connectivity index (χ2v) is 28.1. The van der Waals surface area contributed by atoms with E-state index in [1.165, 1.54) is 135 Å². The van der Waals surface area contributed by atoms with Gasteiger partial charge in [0.2, 0.25) is 0 Å². The minimum atomic E-state index is -4.95. The highest BCUT2D eigenvalue weighted by Gasteiger charge is 2.30. The van der Waals surface area contributed by atoms with Crippen LogP contribution in [0.5, 0.6) is 0 Å². The van der Waals surface area contributed by atoms with E-state index in [1.54, 1.807) is 0 Å². The van der Waals surface area contributed by atoms with Gasteiger partial charge in [-0.05, 0) is 37.5 Å². The lowest BCUT2D eigenvalue weighted by molar-refractivity contribution is -0.161. The summed E-state index contributed by atoms with van der Waals surface area (Å²) in [7, 11) is -9.89. The fourth-order valence-corrected chi connectivity index (χ4v) is 11.6. The Kier molecular flexibility index (Phi) is 58.0. The summed E-state index contributed by atoms with van der Waals surface area (Å²) in [5, 5.41) is 10.5. The van der Waals surface area contributed by atoms with Gasteiger partial charge in [-0.25, -0.2) is 9.13 Å². The van der Waals surface area contributed by atoms with Crippen LogP contribution in [0.2, 0.25) is 0 Å². The van der Waals surface area contributed by atoms with E-state index in [-0.39, 0.29) is 25.7 Å². The van der Waals surface area contributed by atoms with E-state index >= 15 is 0 Å². The van der Waals surface area contributed by atoms with E-state index in [0.29, 0.717) is 37.5 Å². The van der Waals surface area contributed by atoms with Crippen LogP contribution in [0.4, 0.5) is 0 Å². The molecule has 0 bridgehead atoms. The molecule has 0 aliphatic carbocycles. The molecule has 0 amide bonds. The largest absolute Gasteiger partial charge is 0.472 e. The van der Waals surface area contributed by atoms with Gasteiger partial charge in [-0.2, -0.15) is 0 Å². The molecular weight excluding hydrogens is 1140 g/mol. The van der Waals surface area contributed by atoms with Gasteiger partial charge in [0.05, 0.1) is 26.4 Å². The summed E-state index contributed by atoms with van der Waals surface area (Å²) < 4.78 is 67.9. The Hall–Kier alpha value is -1.94. The number of unbranched alkanes of at least 4 members (excludes halogenated alkanes) is 36. The highest BCUT2D eigenvalue weighted by molar-refractivity contribution is 7.47. The van der Waals surface area contributed by atoms with Crippen molar-refractivity contribution in [3.8, 4) is 0 Å². The zero-order chi connectivity index (χ0) is 63.6. The van der Waals surface area contributed by atoms with Crippen LogP contribution in [-0.4, -0.2) is 96.7 Å². The number of phosphoric ester groups is 2. The van der Waals surface area contributed by atoms with Crippen LogP contribution in [0.1, 0.15) is 337 Å². The van der Waals surface area contributed by atoms with Gasteiger partial charge in [-0.15, -0.1) is 0 Å². The fourth-order valence-electron chi connectivity index (χ4n) is 10.1. The third kappa shape index (κ3) is 60.9. The Morgan fingerprint density at radius 3 is 0.791 bits per heavy atom. The first-order chi connectivity index (χ1) is 41.4. The van der Waals surface area contributed by atoms with Gasteiger partial charge in [-0.3, -0.25) is 37.3 Å². The monoisotopic (exact) mass is 1270 g/mol. The molecular formula is C67H130O17P2. The van der Waals surface area contributed by atoms with Crippen molar-refractivity contribution in [2.45, 2.75) is 355 Å². The maximum absolute atomic E-state index is 13.0. The maximum atomic E-state index is 13.0. The van der Waals surface area contributed by atoms with E-state index in [1.807, 2.05) is 0 Å². The SMILES string of the molecule is CCCCCCCCCCCCCCCCCCCCCCC(=O)O[C@H](COC(=O)CCCCCCCCCC(C)C)COP(=O)(O)OC[C@@H](O)COP(=O)(O)OC[C@@H](COC(=O)CCCCCCCCC)OC(=O)CCCCCCCCC(C)C. The van der Waals surface area contributed by atoms with Crippen LogP contribution >= 0.6 is 15.6 Å². The van der Waals surface area contributed by atoms with Crippen LogP contribution in [0, 0.1) is 11.8 Å². The quantitative estimate of drug-likeness (QED) is 0.0222. The lowest BCUT2D eigenvalue weighted by Crippen LogP contribution is -2.30. The number of rotatable bonds is 66. The molecule has 0 rings (SSSR count). The molecule has 17 nitrogen and oxygen atoms in total. The van der Waals surface area contributed by atoms with Crippen LogP contribution in [0.3, 0.4) is 0 Å². The minimum Gasteiger partial charge on any atom is -0.462 e. The van der Waals surface area contributed by atoms with Gasteiger partial charge in [0.1, 0.15) is 19.3 Å². The summed E-state index contributed by atoms with van der Waals surface area (Å²) in [6, 6.07) is 0. The normalized spacial score (nSPS) is 14.2. The second kappa shape index (κ2) is 59.4. The first-order valence-corrected chi connectivity index (χ1v) is 38.0. The first-order valence-electron chi connectivity index (χ1n) is 35.0. The summed E-state index contributed by atoms with van der Waals surface area (Å²) in [5.41, 5.74) is 0. The van der Waals surface area contributed by atoms with E-state index in [2.05, 4.69) is 41.5 Å². The van der Waals surface area contributed by atoms with E-state index in [9.17, 15) is 43.2 Å². The number of carbonyl (C=O) groups excluding carboxylic acids is 4. The van der Waals surface area contributed by atoms with Gasteiger partial charge >= 0.3 is 39.5 Å². The lowest BCUT2D eigenvalue weighted by atomic mass is 10.0. The van der Waals surface area contributed by atoms with Crippen LogP contribution in [0.15, 0.2) is 0 Å². The number of esters is 4. The summed E-state index contributed by atoms with van der Waals surface area (Å²) in [6.45, 7) is 9.33. The maximum Gasteiger partial charge on any atom is 0.472 e. The fraction of sp³-hybridized carbons (Fsp3) is 0.940. The van der Waals surface area contributed by atoms with Crippen LogP contribution in [-0.2, 0) is 65.4 Å². The van der Waals surface area contributed by atoms with Crippen molar-refractivity contribution in [3.63, 3.8) is 0 Å². The predicted molar refractivity (Wildman–Crippen MR) is 345 cm³/mol. The van der Waals surface area contributed by atoms with Gasteiger partial charge < -0.3 is 33.8 Å². The third-order valence-corrected chi connectivity index (χ3v) is 17.4. The van der Waals surface area contributed by atoms with Crippen molar-refractivity contribution in [2.24, 2.45) is 11.8 Å². The van der Waals surface area contributed by atoms with Crippen LogP contribution in [0.25, 0.3) is 0 Å². The van der Waals surface area contributed by atoms with Gasteiger partial charge in [0, 0.05) is 25.7 Å². The van der Waals surface area contributed by atoms with Crippen molar-refractivity contribution in [2.75, 3.05) is 39.6 Å². The molecule has 3 N–H and O–H groups in total. The van der Waals surface area contributed by atoms with Crippen molar-refractivity contribution in [3.05, 3.63) is 0 Å². The molecule has 0 saturated heterocycles. The van der Waals surface area contributed by atoms with Gasteiger partial charge in [-0.1, -0.05) is 286 Å². The van der Waals surface area contributed by atoms with Crippen molar-refractivity contribution in [1.29, 1.82) is 0 Å². The summed E-state index contributed by atoms with van der Waals surface area (Å²) in [6.07, 6.45) is 43.7. The van der Waals surface area contributed by atoms with E-state index in [0.717, 1.165) is 109 Å². The zero-order valence-corrected chi connectivity index (χ0v) is 57.4. The zero-order valence-electron chi connectivity index (χ0n) is 55.6. The number of carbonyl (C=O) groups is 4. The molecule has 0 radical (unpaired) electrons. The van der Waals surface area contributed by atoms with E-state index in [4.69, 9.17) is 37.0 Å². The molecule has 0 aromatic carbocycles. The van der Waals surface area contributed by atoms with Crippen LogP contribution < -0.4 is 0 Å². The molecule has 0 aromatic heterocycles. The molecule has 0 saturated carbocycles. The molecule has 0 aliphatic rings. The first kappa shape index (κ1) is 84.1. The number of aliphatic hydroxyl groups excluding tert-OH is 1. The Balaban J connectivity index is 5.12. The lowest BCUT2D eigenvalue weighted by Gasteiger charge is -2.21. The number of phosphoric acid groups is 2. The third-order valence-electron chi connectivity index (χ3n) is 15.5. The predicted octanol–water partition coefficient (Wildman–Crippen LogP) is 18.8. The summed E-state index contributed by atoms with van der Waals surface area (Å²) in [5.74, 6) is -0.766. The Labute approximate surface area is 524 Å². The molecule has 0 aromatic rings. The van der Waals surface area contributed by atoms with Gasteiger partial charge in [0.25, 0.3) is 0 Å². The standard InChI is InChI=1S/C67H130O17P2/c1-7-9-11-13-15-16-17-18-19-20-21-22-23-24-25-26-27-31-39-45-51-66(71)83-62(56-78-65(70)50-44-38-32-28-30-35-41-47-59(3)4)57-81-85(73,74)79-53-61(68)54-80-86(75,76)82-58-63(55-77-64(69)49-43-37-29-14-12-10-8-2)84-67(72)52-46-40-34-33-36-42-48-60(5)6/h59-63,68H,7-58H2,1-6H3,(H,73,74)(H,75,76)/t61-,62-,63-/m1/s1. The molecule has 0 aliphatic heterocycles. The molecule has 510 valence electrons. The molecule has 0 spiro atoms. The summed E-state index contributed by atoms with van der Waals surface area (Å²) in [4.78, 5) is 72.1. The Bertz CT molecular complexity index is 1680. The highest BCUT2D eigenvalue weighted by Crippen LogP contribution is 2.45.